The predicted octanol–water partition coefficient (Wildman–Crippen LogP) is 3.98. The van der Waals surface area contributed by atoms with Crippen LogP contribution in [0.15, 0.2) is 36.4 Å². The second-order valence-electron chi connectivity index (χ2n) is 5.60. The van der Waals surface area contributed by atoms with Crippen LogP contribution in [-0.2, 0) is 11.3 Å². The fourth-order valence-electron chi connectivity index (χ4n) is 2.36. The van der Waals surface area contributed by atoms with Crippen LogP contribution in [-0.4, -0.2) is 36.4 Å². The molecule has 0 aliphatic carbocycles. The molecule has 0 unspecified atom stereocenters. The third-order valence-electron chi connectivity index (χ3n) is 3.53. The van der Waals surface area contributed by atoms with E-state index in [-0.39, 0.29) is 24.7 Å². The molecule has 0 atom stereocenters. The van der Waals surface area contributed by atoms with Crippen LogP contribution >= 0.6 is 23.2 Å². The first-order valence-corrected chi connectivity index (χ1v) is 8.30. The van der Waals surface area contributed by atoms with E-state index in [4.69, 9.17) is 27.9 Å². The van der Waals surface area contributed by atoms with Crippen molar-refractivity contribution in [2.75, 3.05) is 26.0 Å². The second-order valence-corrected chi connectivity index (χ2v) is 6.44. The number of nitrogens with zero attached hydrogens (tertiary/aromatic N) is 2. The molecule has 1 amide bonds. The van der Waals surface area contributed by atoms with E-state index in [1.165, 1.54) is 25.3 Å². The molecule has 0 aliphatic heterocycles. The van der Waals surface area contributed by atoms with Gasteiger partial charge in [-0.2, -0.15) is 0 Å². The van der Waals surface area contributed by atoms with Crippen molar-refractivity contribution in [1.29, 1.82) is 0 Å². The number of halogens is 2. The standard InChI is InChI=1S/C17H17Cl2N3O4/c1-21(9-11-7-13(22(24)25)4-5-14(11)19)10-17(23)20-15-8-12(18)3-6-16(15)26-2/h3-8H,9-10H2,1-2H3,(H,20,23). The molecule has 2 rings (SSSR count). The average molecular weight is 398 g/mol. The molecule has 0 fully saturated rings. The van der Waals surface area contributed by atoms with Gasteiger partial charge in [0.1, 0.15) is 5.75 Å². The van der Waals surface area contributed by atoms with E-state index < -0.39 is 4.92 Å². The lowest BCUT2D eigenvalue weighted by atomic mass is 10.2. The number of nitro benzene ring substituents is 1. The number of anilines is 1. The molecule has 0 spiro atoms. The van der Waals surface area contributed by atoms with Crippen LogP contribution < -0.4 is 10.1 Å². The van der Waals surface area contributed by atoms with Gasteiger partial charge in [0.05, 0.1) is 24.3 Å². The largest absolute Gasteiger partial charge is 0.495 e. The first kappa shape index (κ1) is 20.0. The van der Waals surface area contributed by atoms with Crippen molar-refractivity contribution in [1.82, 2.24) is 4.90 Å². The maximum Gasteiger partial charge on any atom is 0.269 e. The molecular formula is C17H17Cl2N3O4. The van der Waals surface area contributed by atoms with E-state index >= 15 is 0 Å². The van der Waals surface area contributed by atoms with Crippen LogP contribution in [0.5, 0.6) is 5.75 Å². The number of hydrogen-bond acceptors (Lipinski definition) is 5. The third kappa shape index (κ3) is 5.32. The van der Waals surface area contributed by atoms with Gasteiger partial charge in [0, 0.05) is 28.7 Å². The van der Waals surface area contributed by atoms with Gasteiger partial charge in [-0.15, -0.1) is 0 Å². The van der Waals surface area contributed by atoms with Gasteiger partial charge in [-0.1, -0.05) is 23.2 Å². The summed E-state index contributed by atoms with van der Waals surface area (Å²) in [7, 11) is 3.21. The van der Waals surface area contributed by atoms with Gasteiger partial charge < -0.3 is 10.1 Å². The normalized spacial score (nSPS) is 10.7. The van der Waals surface area contributed by atoms with E-state index in [0.29, 0.717) is 27.0 Å². The SMILES string of the molecule is COc1ccc(Cl)cc1NC(=O)CN(C)Cc1cc([N+](=O)[O-])ccc1Cl. The number of non-ortho nitro benzene ring substituents is 1. The summed E-state index contributed by atoms with van der Waals surface area (Å²) in [6.07, 6.45) is 0. The first-order valence-electron chi connectivity index (χ1n) is 7.55. The summed E-state index contributed by atoms with van der Waals surface area (Å²) in [6.45, 7) is 0.329. The number of likely N-dealkylation sites (N-methyl/N-ethyl adjacent to an activating group) is 1. The predicted molar refractivity (Wildman–Crippen MR) is 101 cm³/mol. The van der Waals surface area contributed by atoms with Gasteiger partial charge in [-0.3, -0.25) is 19.8 Å². The monoisotopic (exact) mass is 397 g/mol. The molecule has 2 aromatic rings. The van der Waals surface area contributed by atoms with E-state index in [1.54, 1.807) is 30.1 Å². The highest BCUT2D eigenvalue weighted by molar-refractivity contribution is 6.31. The maximum absolute atomic E-state index is 12.3. The summed E-state index contributed by atoms with van der Waals surface area (Å²) >= 11 is 12.0. The van der Waals surface area contributed by atoms with Crippen molar-refractivity contribution >= 4 is 40.5 Å². The number of carbonyl (C=O) groups excluding carboxylic acids is 1. The summed E-state index contributed by atoms with van der Waals surface area (Å²) in [6, 6.07) is 9.12. The van der Waals surface area contributed by atoms with Crippen LogP contribution in [0.2, 0.25) is 10.0 Å². The highest BCUT2D eigenvalue weighted by Gasteiger charge is 2.14. The minimum atomic E-state index is -0.488. The third-order valence-corrected chi connectivity index (χ3v) is 4.13. The molecule has 7 nitrogen and oxygen atoms in total. The average Bonchev–Trinajstić information content (AvgIpc) is 2.56. The van der Waals surface area contributed by atoms with Crippen molar-refractivity contribution in [2.45, 2.75) is 6.54 Å². The molecule has 9 heteroatoms. The molecule has 0 aromatic heterocycles. The fraction of sp³-hybridized carbons (Fsp3) is 0.235. The molecule has 26 heavy (non-hydrogen) atoms. The summed E-state index contributed by atoms with van der Waals surface area (Å²) in [5, 5.41) is 14.5. The van der Waals surface area contributed by atoms with E-state index in [1.807, 2.05) is 0 Å². The number of ether oxygens (including phenoxy) is 1. The summed E-state index contributed by atoms with van der Waals surface area (Å²) in [4.78, 5) is 24.3. The molecule has 0 saturated heterocycles. The lowest BCUT2D eigenvalue weighted by Crippen LogP contribution is -2.30. The Labute approximate surface area is 160 Å². The number of benzene rings is 2. The van der Waals surface area contributed by atoms with Crippen molar-refractivity contribution in [2.24, 2.45) is 0 Å². The zero-order valence-corrected chi connectivity index (χ0v) is 15.7. The lowest BCUT2D eigenvalue weighted by Gasteiger charge is -2.18. The van der Waals surface area contributed by atoms with E-state index in [2.05, 4.69) is 5.32 Å². The number of amides is 1. The molecule has 0 radical (unpaired) electrons. The quantitative estimate of drug-likeness (QED) is 0.563. The molecule has 2 aromatic carbocycles. The smallest absolute Gasteiger partial charge is 0.269 e. The van der Waals surface area contributed by atoms with Gasteiger partial charge >= 0.3 is 0 Å². The van der Waals surface area contributed by atoms with Crippen LogP contribution in [0, 0.1) is 10.1 Å². The van der Waals surface area contributed by atoms with E-state index in [9.17, 15) is 14.9 Å². The van der Waals surface area contributed by atoms with Crippen LogP contribution in [0.1, 0.15) is 5.56 Å². The van der Waals surface area contributed by atoms with Gasteiger partial charge in [-0.05, 0) is 36.9 Å². The maximum atomic E-state index is 12.3. The molecule has 0 saturated carbocycles. The molecule has 1 N–H and O–H groups in total. The van der Waals surface area contributed by atoms with Crippen molar-refractivity contribution in [3.63, 3.8) is 0 Å². The summed E-state index contributed by atoms with van der Waals surface area (Å²) in [5.41, 5.74) is 0.981. The highest BCUT2D eigenvalue weighted by atomic mass is 35.5. The van der Waals surface area contributed by atoms with Crippen molar-refractivity contribution < 1.29 is 14.5 Å². The molecule has 0 heterocycles. The lowest BCUT2D eigenvalue weighted by molar-refractivity contribution is -0.384. The topological polar surface area (TPSA) is 84.7 Å². The van der Waals surface area contributed by atoms with Crippen LogP contribution in [0.3, 0.4) is 0 Å². The molecular weight excluding hydrogens is 381 g/mol. The van der Waals surface area contributed by atoms with Gasteiger partial charge in [-0.25, -0.2) is 0 Å². The minimum absolute atomic E-state index is 0.0501. The first-order chi connectivity index (χ1) is 12.3. The Morgan fingerprint density at radius 3 is 2.65 bits per heavy atom. The number of methoxy groups -OCH3 is 1. The fourth-order valence-corrected chi connectivity index (χ4v) is 2.70. The van der Waals surface area contributed by atoms with Crippen molar-refractivity contribution in [3.8, 4) is 5.75 Å². The molecule has 138 valence electrons. The summed E-state index contributed by atoms with van der Waals surface area (Å²) in [5.74, 6) is 0.210. The number of nitrogens with one attached hydrogen (secondary N) is 1. The van der Waals surface area contributed by atoms with Crippen molar-refractivity contribution in [3.05, 3.63) is 62.1 Å². The number of hydrogen-bond donors (Lipinski definition) is 1. The number of nitro groups is 1. The Bertz CT molecular complexity index is 830. The zero-order chi connectivity index (χ0) is 19.3. The Balaban J connectivity index is 2.03. The Morgan fingerprint density at radius 2 is 2.00 bits per heavy atom. The molecule has 0 bridgehead atoms. The minimum Gasteiger partial charge on any atom is -0.495 e. The Kier molecular flexibility index (Phi) is 6.79. The van der Waals surface area contributed by atoms with Crippen LogP contribution in [0.25, 0.3) is 0 Å². The van der Waals surface area contributed by atoms with Gasteiger partial charge in [0.25, 0.3) is 5.69 Å². The Hall–Kier alpha value is -2.35. The number of rotatable bonds is 7. The molecule has 0 aliphatic rings. The van der Waals surface area contributed by atoms with Gasteiger partial charge in [0.15, 0.2) is 0 Å². The van der Waals surface area contributed by atoms with E-state index in [0.717, 1.165) is 0 Å². The zero-order valence-electron chi connectivity index (χ0n) is 14.2. The Morgan fingerprint density at radius 1 is 1.27 bits per heavy atom. The second kappa shape index (κ2) is 8.84. The summed E-state index contributed by atoms with van der Waals surface area (Å²) < 4.78 is 5.18. The van der Waals surface area contributed by atoms with Gasteiger partial charge in [0.2, 0.25) is 5.91 Å². The van der Waals surface area contributed by atoms with Crippen LogP contribution in [0.4, 0.5) is 11.4 Å². The number of carbonyl (C=O) groups is 1. The highest BCUT2D eigenvalue weighted by Crippen LogP contribution is 2.28.